The highest BCUT2D eigenvalue weighted by atomic mass is 32.2. The number of thioether (sulfide) groups is 2. The first kappa shape index (κ1) is 30.8. The van der Waals surface area contributed by atoms with Crippen molar-refractivity contribution in [2.75, 3.05) is 37.7 Å². The van der Waals surface area contributed by atoms with Crippen LogP contribution < -0.4 is 11.5 Å². The smallest absolute Gasteiger partial charge is 0.151 e. The largest absolute Gasteiger partial charge is 0.379 e. The number of rotatable bonds is 7. The molecule has 0 radical (unpaired) electrons. The maximum Gasteiger partial charge on any atom is 0.151 e. The average molecular weight is 477 g/mol. The van der Waals surface area contributed by atoms with E-state index in [0.29, 0.717) is 8.64 Å². The Labute approximate surface area is 188 Å². The molecule has 0 spiro atoms. The topological polar surface area (TPSA) is 106 Å². The van der Waals surface area contributed by atoms with Gasteiger partial charge in [0, 0.05) is 37.7 Å². The molecule has 0 aliphatic rings. The maximum absolute atomic E-state index is 6.83. The molecule has 0 saturated carbocycles. The Hall–Kier alpha value is 0.120. The van der Waals surface area contributed by atoms with Crippen LogP contribution >= 0.6 is 73.2 Å². The van der Waals surface area contributed by atoms with E-state index >= 15 is 0 Å². The van der Waals surface area contributed by atoms with Gasteiger partial charge in [0.25, 0.3) is 0 Å². The van der Waals surface area contributed by atoms with Gasteiger partial charge in [-0.3, -0.25) is 10.8 Å². The first-order valence-electron chi connectivity index (χ1n) is 7.96. The van der Waals surface area contributed by atoms with Crippen molar-refractivity contribution >= 4 is 92.2 Å². The van der Waals surface area contributed by atoms with Crippen LogP contribution in [0.4, 0.5) is 0 Å². The highest BCUT2D eigenvalue weighted by Crippen LogP contribution is 2.04. The summed E-state index contributed by atoms with van der Waals surface area (Å²) in [7, 11) is 0. The van der Waals surface area contributed by atoms with Gasteiger partial charge in [-0.1, -0.05) is 48.0 Å². The zero-order valence-electron chi connectivity index (χ0n) is 15.8. The Morgan fingerprint density at radius 1 is 0.769 bits per heavy atom. The van der Waals surface area contributed by atoms with Gasteiger partial charge in [-0.15, -0.1) is 25.3 Å². The summed E-state index contributed by atoms with van der Waals surface area (Å²) in [5.74, 6) is 1.47. The fourth-order valence-corrected chi connectivity index (χ4v) is 3.48. The molecule has 0 aliphatic carbocycles. The lowest BCUT2D eigenvalue weighted by molar-refractivity contribution is 0.482. The summed E-state index contributed by atoms with van der Waals surface area (Å²) in [5.41, 5.74) is 10.1. The standard InChI is InChI=1S/2C5H11NS2.C4H10N4S2/c2*1-3-6(4-2)5(7)8;5-3(6)9-1-2-10-4(7)8/h2*3-4H2,1-2H3,(H,7,8);1-2H2,(H3,5,6)(H3,7,8). The van der Waals surface area contributed by atoms with E-state index in [-0.39, 0.29) is 10.3 Å². The molecule has 0 heterocycles. The van der Waals surface area contributed by atoms with E-state index < -0.39 is 0 Å². The van der Waals surface area contributed by atoms with Gasteiger partial charge in [0.15, 0.2) is 10.3 Å². The Morgan fingerprint density at radius 2 is 1.00 bits per heavy atom. The summed E-state index contributed by atoms with van der Waals surface area (Å²) in [6.07, 6.45) is 0. The lowest BCUT2D eigenvalue weighted by Gasteiger charge is -2.16. The molecule has 0 unspecified atom stereocenters. The molecular weight excluding hydrogens is 445 g/mol. The molecule has 0 atom stereocenters. The Bertz CT molecular complexity index is 375. The maximum atomic E-state index is 6.83. The molecule has 26 heavy (non-hydrogen) atoms. The monoisotopic (exact) mass is 476 g/mol. The molecular formula is C14H32N6S6. The van der Waals surface area contributed by atoms with E-state index in [1.165, 1.54) is 23.5 Å². The van der Waals surface area contributed by atoms with E-state index in [2.05, 4.69) is 53.0 Å². The van der Waals surface area contributed by atoms with Crippen molar-refractivity contribution in [3.05, 3.63) is 0 Å². The fourth-order valence-electron chi connectivity index (χ4n) is 1.29. The molecule has 0 bridgehead atoms. The molecule has 154 valence electrons. The summed E-state index contributed by atoms with van der Waals surface area (Å²) in [5, 5.41) is 13.9. The van der Waals surface area contributed by atoms with Crippen LogP contribution in [0.5, 0.6) is 0 Å². The minimum absolute atomic E-state index is 0.115. The van der Waals surface area contributed by atoms with Gasteiger partial charge in [-0.05, 0) is 27.7 Å². The van der Waals surface area contributed by atoms with Gasteiger partial charge in [0.1, 0.15) is 8.64 Å². The summed E-state index contributed by atoms with van der Waals surface area (Å²) >= 11 is 20.2. The number of hydrogen-bond donors (Lipinski definition) is 6. The highest BCUT2D eigenvalue weighted by Gasteiger charge is 1.97. The average Bonchev–Trinajstić information content (AvgIpc) is 2.54. The fraction of sp³-hybridized carbons (Fsp3) is 0.714. The van der Waals surface area contributed by atoms with Crippen molar-refractivity contribution in [3.8, 4) is 0 Å². The number of nitrogens with two attached hydrogens (primary N) is 2. The second kappa shape index (κ2) is 21.4. The van der Waals surface area contributed by atoms with Crippen molar-refractivity contribution in [2.24, 2.45) is 11.5 Å². The molecule has 12 heteroatoms. The molecule has 0 rings (SSSR count). The van der Waals surface area contributed by atoms with Gasteiger partial charge in [-0.25, -0.2) is 0 Å². The predicted octanol–water partition coefficient (Wildman–Crippen LogP) is 3.33. The van der Waals surface area contributed by atoms with Crippen LogP contribution in [-0.4, -0.2) is 66.5 Å². The number of hydrogen-bond acceptors (Lipinski definition) is 6. The van der Waals surface area contributed by atoms with Crippen molar-refractivity contribution < 1.29 is 0 Å². The lowest BCUT2D eigenvalue weighted by Crippen LogP contribution is -2.24. The minimum Gasteiger partial charge on any atom is -0.379 e. The van der Waals surface area contributed by atoms with Crippen molar-refractivity contribution in [1.29, 1.82) is 10.8 Å². The van der Waals surface area contributed by atoms with Crippen LogP contribution in [0.25, 0.3) is 0 Å². The summed E-state index contributed by atoms with van der Waals surface area (Å²) in [4.78, 5) is 4.02. The number of nitrogens with zero attached hydrogens (tertiary/aromatic N) is 2. The third-order valence-electron chi connectivity index (χ3n) is 2.67. The minimum atomic E-state index is 0.115. The molecule has 6 N–H and O–H groups in total. The predicted molar refractivity (Wildman–Crippen MR) is 138 cm³/mol. The molecule has 6 nitrogen and oxygen atoms in total. The first-order chi connectivity index (χ1) is 12.1. The Kier molecular flexibility index (Phi) is 25.4. The van der Waals surface area contributed by atoms with Crippen molar-refractivity contribution in [3.63, 3.8) is 0 Å². The van der Waals surface area contributed by atoms with Crippen LogP contribution in [0, 0.1) is 10.8 Å². The van der Waals surface area contributed by atoms with Crippen LogP contribution in [0.15, 0.2) is 0 Å². The van der Waals surface area contributed by atoms with Gasteiger partial charge < -0.3 is 21.3 Å². The zero-order valence-corrected chi connectivity index (χ0v) is 20.9. The molecule has 0 fully saturated rings. The van der Waals surface area contributed by atoms with Gasteiger partial charge in [0.05, 0.1) is 0 Å². The van der Waals surface area contributed by atoms with E-state index in [4.69, 9.17) is 46.7 Å². The zero-order chi connectivity index (χ0) is 21.1. The van der Waals surface area contributed by atoms with Gasteiger partial charge >= 0.3 is 0 Å². The summed E-state index contributed by atoms with van der Waals surface area (Å²) in [6, 6.07) is 0. The third-order valence-corrected chi connectivity index (χ3v) is 5.45. The normalized spacial score (nSPS) is 9.00. The van der Waals surface area contributed by atoms with Crippen molar-refractivity contribution in [2.45, 2.75) is 27.7 Å². The third kappa shape index (κ3) is 24.1. The van der Waals surface area contributed by atoms with Crippen LogP contribution in [0.1, 0.15) is 27.7 Å². The summed E-state index contributed by atoms with van der Waals surface area (Å²) < 4.78 is 1.38. The Morgan fingerprint density at radius 3 is 1.08 bits per heavy atom. The number of amidine groups is 2. The van der Waals surface area contributed by atoms with E-state index in [9.17, 15) is 0 Å². The molecule has 0 aromatic rings. The number of thiocarbonyl (C=S) groups is 2. The van der Waals surface area contributed by atoms with Crippen LogP contribution in [0.3, 0.4) is 0 Å². The Balaban J connectivity index is -0.000000308. The molecule has 0 aliphatic heterocycles. The first-order valence-corrected chi connectivity index (χ1v) is 11.6. The second-order valence-electron chi connectivity index (χ2n) is 4.34. The van der Waals surface area contributed by atoms with Gasteiger partial charge in [-0.2, -0.15) is 0 Å². The van der Waals surface area contributed by atoms with Crippen molar-refractivity contribution in [1.82, 2.24) is 9.80 Å². The number of nitrogens with one attached hydrogen (secondary N) is 2. The van der Waals surface area contributed by atoms with Crippen LogP contribution in [0.2, 0.25) is 0 Å². The molecule has 0 aromatic heterocycles. The van der Waals surface area contributed by atoms with Crippen LogP contribution in [-0.2, 0) is 0 Å². The van der Waals surface area contributed by atoms with E-state index in [0.717, 1.165) is 37.7 Å². The van der Waals surface area contributed by atoms with E-state index in [1.54, 1.807) is 0 Å². The quantitative estimate of drug-likeness (QED) is 0.109. The number of thiol groups is 2. The molecule has 0 aromatic carbocycles. The molecule has 0 saturated heterocycles. The SMILES string of the molecule is CCN(CC)C(=S)S.CCN(CC)C(=S)S.N=C(N)SCCSC(=N)N. The highest BCUT2D eigenvalue weighted by molar-refractivity contribution is 8.16. The summed E-state index contributed by atoms with van der Waals surface area (Å²) in [6.45, 7) is 12.1. The van der Waals surface area contributed by atoms with E-state index in [1.807, 2.05) is 9.80 Å². The molecule has 0 amide bonds. The van der Waals surface area contributed by atoms with Gasteiger partial charge in [0.2, 0.25) is 0 Å². The second-order valence-corrected chi connectivity index (χ2v) is 8.83. The lowest BCUT2D eigenvalue weighted by atomic mass is 10.6.